The van der Waals surface area contributed by atoms with E-state index in [0.717, 1.165) is 28.2 Å². The molecule has 0 aliphatic carbocycles. The molecule has 4 rings (SSSR count). The van der Waals surface area contributed by atoms with Gasteiger partial charge in [-0.2, -0.15) is 0 Å². The number of allylic oxidation sites excluding steroid dienone is 1. The van der Waals surface area contributed by atoms with Crippen LogP contribution in [0.1, 0.15) is 24.1 Å². The van der Waals surface area contributed by atoms with Crippen LogP contribution in [0.5, 0.6) is 0 Å². The Kier molecular flexibility index (Phi) is 4.88. The van der Waals surface area contributed by atoms with Crippen molar-refractivity contribution in [3.8, 4) is 0 Å². The van der Waals surface area contributed by atoms with Crippen molar-refractivity contribution in [3.63, 3.8) is 0 Å². The molecule has 0 spiro atoms. The number of aryl methyl sites for hydroxylation is 1. The van der Waals surface area contributed by atoms with Crippen LogP contribution in [0.2, 0.25) is 0 Å². The third kappa shape index (κ3) is 3.16. The number of rotatable bonds is 5. The van der Waals surface area contributed by atoms with Gasteiger partial charge in [-0.15, -0.1) is 0 Å². The summed E-state index contributed by atoms with van der Waals surface area (Å²) in [6.45, 7) is 4.51. The minimum Gasteiger partial charge on any atom is -0.460 e. The third-order valence-corrected chi connectivity index (χ3v) is 4.96. The van der Waals surface area contributed by atoms with E-state index in [-0.39, 0.29) is 18.6 Å². The second-order valence-corrected chi connectivity index (χ2v) is 6.90. The van der Waals surface area contributed by atoms with Crippen LogP contribution in [-0.2, 0) is 14.3 Å². The van der Waals surface area contributed by atoms with E-state index < -0.39 is 0 Å². The summed E-state index contributed by atoms with van der Waals surface area (Å²) >= 11 is 0. The lowest BCUT2D eigenvalue weighted by atomic mass is 9.94. The van der Waals surface area contributed by atoms with Crippen LogP contribution in [0.25, 0.3) is 11.0 Å². The summed E-state index contributed by atoms with van der Waals surface area (Å²) in [4.78, 5) is 17.7. The second kappa shape index (κ2) is 7.48. The largest absolute Gasteiger partial charge is 0.460 e. The fourth-order valence-electron chi connectivity index (χ4n) is 3.59. The fourth-order valence-corrected chi connectivity index (χ4v) is 3.59. The minimum absolute atomic E-state index is 0.213. The number of ether oxygens (including phenoxy) is 2. The number of benzene rings is 2. The average Bonchev–Trinajstić information content (AvgIpc) is 3.05. The van der Waals surface area contributed by atoms with Crippen molar-refractivity contribution in [2.24, 2.45) is 0 Å². The predicted octanol–water partition coefficient (Wildman–Crippen LogP) is 3.82. The third-order valence-electron chi connectivity index (χ3n) is 4.96. The number of nitrogens with one attached hydrogen (secondary N) is 1. The SMILES string of the molecule is COCCOC(=O)C1=C(C)Nc2nc3ccccc3n2C1c1ccc(C)cc1. The highest BCUT2D eigenvalue weighted by molar-refractivity contribution is 5.94. The lowest BCUT2D eigenvalue weighted by Gasteiger charge is -2.30. The normalized spacial score (nSPS) is 16.0. The molecule has 0 saturated carbocycles. The molecule has 0 radical (unpaired) electrons. The van der Waals surface area contributed by atoms with Crippen LogP contribution in [0.4, 0.5) is 5.95 Å². The highest BCUT2D eigenvalue weighted by atomic mass is 16.6. The molecule has 0 saturated heterocycles. The zero-order valence-electron chi connectivity index (χ0n) is 16.2. The van der Waals surface area contributed by atoms with Crippen molar-refractivity contribution in [2.75, 3.05) is 25.6 Å². The van der Waals surface area contributed by atoms with Gasteiger partial charge in [0, 0.05) is 12.8 Å². The molecule has 2 heterocycles. The Hall–Kier alpha value is -3.12. The number of aromatic nitrogens is 2. The van der Waals surface area contributed by atoms with Gasteiger partial charge in [0.2, 0.25) is 5.95 Å². The Bertz CT molecular complexity index is 1050. The molecule has 3 aromatic rings. The van der Waals surface area contributed by atoms with Crippen molar-refractivity contribution in [2.45, 2.75) is 19.9 Å². The van der Waals surface area contributed by atoms with E-state index in [4.69, 9.17) is 14.5 Å². The Morgan fingerprint density at radius 1 is 1.11 bits per heavy atom. The van der Waals surface area contributed by atoms with E-state index in [0.29, 0.717) is 12.2 Å². The number of carbonyl (C=O) groups excluding carboxylic acids is 1. The molecule has 1 atom stereocenters. The van der Waals surface area contributed by atoms with Gasteiger partial charge in [-0.05, 0) is 31.5 Å². The van der Waals surface area contributed by atoms with Crippen molar-refractivity contribution >= 4 is 23.0 Å². The monoisotopic (exact) mass is 377 g/mol. The average molecular weight is 377 g/mol. The van der Waals surface area contributed by atoms with Gasteiger partial charge in [-0.1, -0.05) is 42.0 Å². The van der Waals surface area contributed by atoms with Crippen LogP contribution < -0.4 is 5.32 Å². The van der Waals surface area contributed by atoms with Gasteiger partial charge in [0.05, 0.1) is 29.3 Å². The Morgan fingerprint density at radius 2 is 1.86 bits per heavy atom. The highest BCUT2D eigenvalue weighted by Crippen LogP contribution is 2.39. The van der Waals surface area contributed by atoms with Crippen molar-refractivity contribution < 1.29 is 14.3 Å². The number of carbonyl (C=O) groups is 1. The van der Waals surface area contributed by atoms with Crippen LogP contribution in [0, 0.1) is 6.92 Å². The van der Waals surface area contributed by atoms with Gasteiger partial charge >= 0.3 is 5.97 Å². The van der Waals surface area contributed by atoms with Gasteiger partial charge in [-0.3, -0.25) is 4.57 Å². The summed E-state index contributed by atoms with van der Waals surface area (Å²) in [5, 5.41) is 3.28. The number of anilines is 1. The van der Waals surface area contributed by atoms with Gasteiger partial charge in [0.25, 0.3) is 0 Å². The minimum atomic E-state index is -0.351. The maximum absolute atomic E-state index is 13.0. The zero-order chi connectivity index (χ0) is 19.7. The summed E-state index contributed by atoms with van der Waals surface area (Å²) in [5.74, 6) is 0.369. The van der Waals surface area contributed by atoms with Crippen LogP contribution in [0.3, 0.4) is 0 Å². The molecule has 2 aromatic carbocycles. The molecule has 0 fully saturated rings. The van der Waals surface area contributed by atoms with E-state index in [2.05, 4.69) is 34.1 Å². The van der Waals surface area contributed by atoms with Gasteiger partial charge < -0.3 is 14.8 Å². The smallest absolute Gasteiger partial charge is 0.338 e. The highest BCUT2D eigenvalue weighted by Gasteiger charge is 2.34. The van der Waals surface area contributed by atoms with Crippen molar-refractivity contribution in [3.05, 3.63) is 70.9 Å². The Morgan fingerprint density at radius 3 is 2.61 bits per heavy atom. The molecular weight excluding hydrogens is 354 g/mol. The predicted molar refractivity (Wildman–Crippen MR) is 108 cm³/mol. The number of imidazole rings is 1. The van der Waals surface area contributed by atoms with E-state index in [9.17, 15) is 4.79 Å². The molecule has 0 amide bonds. The molecule has 6 heteroatoms. The summed E-state index contributed by atoms with van der Waals surface area (Å²) < 4.78 is 12.6. The summed E-state index contributed by atoms with van der Waals surface area (Å²) in [7, 11) is 1.58. The molecule has 144 valence electrons. The first-order valence-corrected chi connectivity index (χ1v) is 9.27. The van der Waals surface area contributed by atoms with E-state index >= 15 is 0 Å². The van der Waals surface area contributed by atoms with Crippen LogP contribution in [0.15, 0.2) is 59.8 Å². The molecule has 1 unspecified atom stereocenters. The number of para-hydroxylation sites is 2. The number of methoxy groups -OCH3 is 1. The lowest BCUT2D eigenvalue weighted by molar-refractivity contribution is -0.140. The van der Waals surface area contributed by atoms with Crippen LogP contribution in [-0.4, -0.2) is 35.8 Å². The summed E-state index contributed by atoms with van der Waals surface area (Å²) in [6, 6.07) is 15.8. The Balaban J connectivity index is 1.86. The molecule has 0 bridgehead atoms. The maximum atomic E-state index is 13.0. The number of fused-ring (bicyclic) bond motifs is 3. The molecule has 28 heavy (non-hydrogen) atoms. The second-order valence-electron chi connectivity index (χ2n) is 6.90. The van der Waals surface area contributed by atoms with Gasteiger partial charge in [0.15, 0.2) is 0 Å². The fraction of sp³-hybridized carbons (Fsp3) is 0.273. The van der Waals surface area contributed by atoms with E-state index in [1.165, 1.54) is 5.56 Å². The maximum Gasteiger partial charge on any atom is 0.338 e. The molecule has 1 N–H and O–H groups in total. The first kappa shape index (κ1) is 18.3. The Labute approximate surface area is 163 Å². The first-order chi connectivity index (χ1) is 13.6. The number of esters is 1. The summed E-state index contributed by atoms with van der Waals surface area (Å²) in [5.41, 5.74) is 5.34. The van der Waals surface area contributed by atoms with Crippen molar-refractivity contribution in [1.29, 1.82) is 0 Å². The zero-order valence-corrected chi connectivity index (χ0v) is 16.2. The molecule has 1 aromatic heterocycles. The molecule has 1 aliphatic heterocycles. The standard InChI is InChI=1S/C22H23N3O3/c1-14-8-10-16(11-9-14)20-19(21(26)28-13-12-27-3)15(2)23-22-24-17-6-4-5-7-18(17)25(20)22/h4-11,20H,12-13H2,1-3H3,(H,23,24). The summed E-state index contributed by atoms with van der Waals surface area (Å²) in [6.07, 6.45) is 0. The van der Waals surface area contributed by atoms with Crippen molar-refractivity contribution in [1.82, 2.24) is 9.55 Å². The number of hydrogen-bond acceptors (Lipinski definition) is 5. The number of hydrogen-bond donors (Lipinski definition) is 1. The van der Waals surface area contributed by atoms with Gasteiger partial charge in [-0.25, -0.2) is 9.78 Å². The quantitative estimate of drug-likeness (QED) is 0.541. The lowest BCUT2D eigenvalue weighted by Crippen LogP contribution is -2.29. The molecule has 1 aliphatic rings. The van der Waals surface area contributed by atoms with Gasteiger partial charge in [0.1, 0.15) is 6.61 Å². The first-order valence-electron chi connectivity index (χ1n) is 9.27. The van der Waals surface area contributed by atoms with E-state index in [1.54, 1.807) is 7.11 Å². The number of nitrogens with zero attached hydrogens (tertiary/aromatic N) is 2. The molecular formula is C22H23N3O3. The topological polar surface area (TPSA) is 65.4 Å². The van der Waals surface area contributed by atoms with E-state index in [1.807, 2.05) is 38.1 Å². The van der Waals surface area contributed by atoms with Crippen LogP contribution >= 0.6 is 0 Å². The molecule has 6 nitrogen and oxygen atoms in total.